The SMILES string of the molecule is CC(C)C(O)(C(=O)O)C(C)c1ccc(C(C)(C)C)cc1. The van der Waals surface area contributed by atoms with Crippen molar-refractivity contribution in [2.24, 2.45) is 5.92 Å². The fraction of sp³-hybridized carbons (Fsp3) is 0.588. The zero-order valence-electron chi connectivity index (χ0n) is 13.3. The molecule has 0 spiro atoms. The second-order valence-corrected chi connectivity index (χ2v) is 6.88. The van der Waals surface area contributed by atoms with Crippen LogP contribution in [0.4, 0.5) is 0 Å². The summed E-state index contributed by atoms with van der Waals surface area (Å²) in [6.45, 7) is 11.6. The van der Waals surface area contributed by atoms with E-state index in [1.54, 1.807) is 20.8 Å². The van der Waals surface area contributed by atoms with Crippen molar-refractivity contribution in [3.63, 3.8) is 0 Å². The van der Waals surface area contributed by atoms with E-state index in [4.69, 9.17) is 0 Å². The number of carbonyl (C=O) groups is 1. The maximum Gasteiger partial charge on any atom is 0.336 e. The van der Waals surface area contributed by atoms with Gasteiger partial charge in [-0.05, 0) is 22.5 Å². The molecule has 2 N–H and O–H groups in total. The molecule has 1 aromatic carbocycles. The third-order valence-corrected chi connectivity index (χ3v) is 4.16. The summed E-state index contributed by atoms with van der Waals surface area (Å²) >= 11 is 0. The van der Waals surface area contributed by atoms with Gasteiger partial charge in [0.15, 0.2) is 5.60 Å². The first-order valence-electron chi connectivity index (χ1n) is 7.07. The van der Waals surface area contributed by atoms with Crippen LogP contribution in [0, 0.1) is 5.92 Å². The standard InChI is InChI=1S/C17H26O3/c1-11(2)17(20,15(18)19)12(3)13-7-9-14(10-8-13)16(4,5)6/h7-12,20H,1-6H3,(H,18,19). The molecule has 0 aliphatic heterocycles. The predicted molar refractivity (Wildman–Crippen MR) is 81.0 cm³/mol. The number of hydrogen-bond donors (Lipinski definition) is 2. The highest BCUT2D eigenvalue weighted by Crippen LogP contribution is 2.35. The second-order valence-electron chi connectivity index (χ2n) is 6.88. The molecule has 0 saturated carbocycles. The van der Waals surface area contributed by atoms with Gasteiger partial charge in [-0.1, -0.05) is 65.8 Å². The summed E-state index contributed by atoms with van der Waals surface area (Å²) in [6, 6.07) is 7.85. The molecule has 0 aliphatic rings. The topological polar surface area (TPSA) is 57.5 Å². The number of carboxylic acid groups (broad SMARTS) is 1. The van der Waals surface area contributed by atoms with Crippen LogP contribution in [0.25, 0.3) is 0 Å². The molecule has 3 nitrogen and oxygen atoms in total. The maximum absolute atomic E-state index is 11.5. The van der Waals surface area contributed by atoms with E-state index in [0.717, 1.165) is 5.56 Å². The van der Waals surface area contributed by atoms with Gasteiger partial charge in [0, 0.05) is 5.92 Å². The van der Waals surface area contributed by atoms with Crippen molar-refractivity contribution in [3.05, 3.63) is 35.4 Å². The van der Waals surface area contributed by atoms with Gasteiger partial charge in [0.25, 0.3) is 0 Å². The lowest BCUT2D eigenvalue weighted by atomic mass is 9.75. The first kappa shape index (κ1) is 16.7. The van der Waals surface area contributed by atoms with E-state index < -0.39 is 17.5 Å². The molecule has 112 valence electrons. The van der Waals surface area contributed by atoms with Crippen LogP contribution in [0.15, 0.2) is 24.3 Å². The number of carboxylic acids is 1. The summed E-state index contributed by atoms with van der Waals surface area (Å²) in [5.74, 6) is -1.99. The fourth-order valence-corrected chi connectivity index (χ4v) is 2.46. The minimum atomic E-state index is -1.75. The Bertz CT molecular complexity index is 468. The van der Waals surface area contributed by atoms with E-state index in [9.17, 15) is 15.0 Å². The minimum Gasteiger partial charge on any atom is -0.479 e. The number of aliphatic hydroxyl groups is 1. The van der Waals surface area contributed by atoms with Gasteiger partial charge in [-0.15, -0.1) is 0 Å². The summed E-state index contributed by atoms with van der Waals surface area (Å²) < 4.78 is 0. The van der Waals surface area contributed by atoms with Gasteiger partial charge in [0.2, 0.25) is 0 Å². The van der Waals surface area contributed by atoms with Gasteiger partial charge in [-0.25, -0.2) is 4.79 Å². The Balaban J connectivity index is 3.15. The zero-order chi connectivity index (χ0) is 15.7. The Hall–Kier alpha value is -1.35. The van der Waals surface area contributed by atoms with Gasteiger partial charge >= 0.3 is 5.97 Å². The average Bonchev–Trinajstić information content (AvgIpc) is 2.35. The van der Waals surface area contributed by atoms with E-state index in [0.29, 0.717) is 0 Å². The summed E-state index contributed by atoms with van der Waals surface area (Å²) in [6.07, 6.45) is 0. The lowest BCUT2D eigenvalue weighted by Crippen LogP contribution is -2.48. The molecule has 1 rings (SSSR count). The second kappa shape index (κ2) is 5.57. The van der Waals surface area contributed by atoms with Crippen molar-refractivity contribution >= 4 is 5.97 Å². The van der Waals surface area contributed by atoms with Crippen LogP contribution in [0.2, 0.25) is 0 Å². The van der Waals surface area contributed by atoms with Gasteiger partial charge in [-0.3, -0.25) is 0 Å². The summed E-state index contributed by atoms with van der Waals surface area (Å²) in [4.78, 5) is 11.5. The number of hydrogen-bond acceptors (Lipinski definition) is 2. The lowest BCUT2D eigenvalue weighted by molar-refractivity contribution is -0.166. The molecule has 0 amide bonds. The van der Waals surface area contributed by atoms with Crippen LogP contribution in [0.3, 0.4) is 0 Å². The Morgan fingerprint density at radius 2 is 1.50 bits per heavy atom. The van der Waals surface area contributed by atoms with Crippen molar-refractivity contribution in [1.29, 1.82) is 0 Å². The van der Waals surface area contributed by atoms with Crippen molar-refractivity contribution in [1.82, 2.24) is 0 Å². The van der Waals surface area contributed by atoms with E-state index in [1.165, 1.54) is 5.56 Å². The maximum atomic E-state index is 11.5. The minimum absolute atomic E-state index is 0.0584. The normalized spacial score (nSPS) is 16.8. The molecule has 2 unspecified atom stereocenters. The molecular formula is C17H26O3. The Morgan fingerprint density at radius 1 is 1.05 bits per heavy atom. The molecule has 0 saturated heterocycles. The predicted octanol–water partition coefficient (Wildman–Crippen LogP) is 3.56. The lowest BCUT2D eigenvalue weighted by Gasteiger charge is -2.34. The number of aliphatic carboxylic acids is 1. The Labute approximate surface area is 121 Å². The van der Waals surface area contributed by atoms with Gasteiger partial charge in [-0.2, -0.15) is 0 Å². The fourth-order valence-electron chi connectivity index (χ4n) is 2.46. The van der Waals surface area contributed by atoms with Crippen LogP contribution < -0.4 is 0 Å². The highest BCUT2D eigenvalue weighted by molar-refractivity contribution is 5.79. The molecule has 0 radical (unpaired) electrons. The Morgan fingerprint density at radius 3 is 1.80 bits per heavy atom. The molecule has 1 aromatic rings. The van der Waals surface area contributed by atoms with E-state index in [-0.39, 0.29) is 11.3 Å². The van der Waals surface area contributed by atoms with Crippen molar-refractivity contribution in [2.45, 2.75) is 58.5 Å². The molecule has 0 fully saturated rings. The molecule has 0 bridgehead atoms. The third-order valence-electron chi connectivity index (χ3n) is 4.16. The average molecular weight is 278 g/mol. The first-order valence-corrected chi connectivity index (χ1v) is 7.07. The smallest absolute Gasteiger partial charge is 0.336 e. The van der Waals surface area contributed by atoms with Crippen LogP contribution in [0.1, 0.15) is 58.6 Å². The number of rotatable bonds is 4. The van der Waals surface area contributed by atoms with Gasteiger partial charge in [0.1, 0.15) is 0 Å². The van der Waals surface area contributed by atoms with E-state index in [2.05, 4.69) is 20.8 Å². The molecule has 0 aromatic heterocycles. The monoisotopic (exact) mass is 278 g/mol. The Kier molecular flexibility index (Phi) is 4.65. The van der Waals surface area contributed by atoms with E-state index in [1.807, 2.05) is 24.3 Å². The van der Waals surface area contributed by atoms with Crippen molar-refractivity contribution in [3.8, 4) is 0 Å². The van der Waals surface area contributed by atoms with Gasteiger partial charge in [0.05, 0.1) is 0 Å². The molecular weight excluding hydrogens is 252 g/mol. The number of benzene rings is 1. The molecule has 20 heavy (non-hydrogen) atoms. The zero-order valence-corrected chi connectivity index (χ0v) is 13.3. The first-order chi connectivity index (χ1) is 9.01. The molecule has 2 atom stereocenters. The molecule has 0 aliphatic carbocycles. The molecule has 3 heteroatoms. The van der Waals surface area contributed by atoms with E-state index >= 15 is 0 Å². The third kappa shape index (κ3) is 3.04. The van der Waals surface area contributed by atoms with Gasteiger partial charge < -0.3 is 10.2 Å². The largest absolute Gasteiger partial charge is 0.479 e. The summed E-state index contributed by atoms with van der Waals surface area (Å²) in [5.41, 5.74) is 0.347. The summed E-state index contributed by atoms with van der Waals surface area (Å²) in [7, 11) is 0. The van der Waals surface area contributed by atoms with Crippen LogP contribution >= 0.6 is 0 Å². The quantitative estimate of drug-likeness (QED) is 0.885. The highest BCUT2D eigenvalue weighted by Gasteiger charge is 2.45. The van der Waals surface area contributed by atoms with Crippen LogP contribution in [-0.4, -0.2) is 21.8 Å². The van der Waals surface area contributed by atoms with Crippen molar-refractivity contribution in [2.75, 3.05) is 0 Å². The van der Waals surface area contributed by atoms with Crippen LogP contribution in [-0.2, 0) is 10.2 Å². The summed E-state index contributed by atoms with van der Waals surface area (Å²) in [5, 5.41) is 19.9. The van der Waals surface area contributed by atoms with Crippen LogP contribution in [0.5, 0.6) is 0 Å². The highest BCUT2D eigenvalue weighted by atomic mass is 16.4. The molecule has 0 heterocycles. The van der Waals surface area contributed by atoms with Crippen molar-refractivity contribution < 1.29 is 15.0 Å².